The van der Waals surface area contributed by atoms with Crippen LogP contribution in [0.15, 0.2) is 203 Å². The Morgan fingerprint density at radius 3 is 1.55 bits per heavy atom. The van der Waals surface area contributed by atoms with Gasteiger partial charge in [0.05, 0.1) is 18.7 Å². The van der Waals surface area contributed by atoms with Crippen molar-refractivity contribution in [3.8, 4) is 0 Å². The number of imidazole rings is 1. The zero-order valence-corrected chi connectivity index (χ0v) is 73.8. The Kier molecular flexibility index (Phi) is 30.3. The smallest absolute Gasteiger partial charge is 0.255 e. The molecule has 126 heavy (non-hydrogen) atoms. The van der Waals surface area contributed by atoms with Crippen molar-refractivity contribution in [1.29, 1.82) is 0 Å². The van der Waals surface area contributed by atoms with Crippen LogP contribution >= 0.6 is 0 Å². The molecule has 0 radical (unpaired) electrons. The number of benzene rings is 5. The number of allylic oxidation sites excluding steroid dienone is 2. The van der Waals surface area contributed by atoms with Crippen LogP contribution in [0.4, 0.5) is 75.4 Å². The van der Waals surface area contributed by atoms with E-state index in [0.717, 1.165) is 153 Å². The first-order valence-corrected chi connectivity index (χ1v) is 43.7. The lowest BCUT2D eigenvalue weighted by atomic mass is 9.91. The molecule has 2 aliphatic heterocycles. The number of anilines is 13. The Morgan fingerprint density at radius 2 is 1.04 bits per heavy atom. The highest BCUT2D eigenvalue weighted by atomic mass is 16.3. The molecule has 4 fully saturated rings. The number of aryl methyl sites for hydroxylation is 1. The SMILES string of the molecule is C=CC(=C)Nc1ccc(C(=O)Nc2cccc(Nc3nc(NC4CCC(N(C)C)CC4)nc4c(C(C)C)cnn34)c2)cc1.C=CC(=C)Nc1ccc(C(=O)Nc2cccc(Nc3nc(NC4CCC(N(C)C)CC4)nc4c(CC)cnn34)c2)cc1.C=CC(=O)Nc1ccc(C(=O)N2CCCC(Nc3nc(N4CCCCC4CCO)nc4c3ncn4C(C)C)C2)cc1. The third kappa shape index (κ3) is 23.1. The van der Waals surface area contributed by atoms with Crippen molar-refractivity contribution in [3.05, 3.63) is 230 Å². The summed E-state index contributed by atoms with van der Waals surface area (Å²) >= 11 is 0. The van der Waals surface area contributed by atoms with Crippen molar-refractivity contribution in [2.24, 2.45) is 0 Å². The van der Waals surface area contributed by atoms with Crippen LogP contribution in [-0.4, -0.2) is 193 Å². The number of carbonyl (C=O) groups is 4. The first-order chi connectivity index (χ1) is 60.9. The van der Waals surface area contributed by atoms with Gasteiger partial charge in [-0.2, -0.15) is 49.1 Å². The van der Waals surface area contributed by atoms with Crippen molar-refractivity contribution in [3.63, 3.8) is 0 Å². The topological polar surface area (TPSA) is 352 Å². The van der Waals surface area contributed by atoms with E-state index in [1.807, 2.05) is 96.4 Å². The van der Waals surface area contributed by atoms with Gasteiger partial charge < -0.3 is 82.4 Å². The van der Waals surface area contributed by atoms with Crippen LogP contribution in [0.2, 0.25) is 0 Å². The second-order valence-corrected chi connectivity index (χ2v) is 33.6. The number of likely N-dealkylation sites (tertiary alicyclic amines) is 1. The Bertz CT molecular complexity index is 5640. The average molecular weight is 1710 g/mol. The van der Waals surface area contributed by atoms with Gasteiger partial charge in [-0.25, -0.2) is 4.98 Å². The molecule has 31 heteroatoms. The van der Waals surface area contributed by atoms with E-state index in [1.54, 1.807) is 69.7 Å². The van der Waals surface area contributed by atoms with Crippen LogP contribution in [0.3, 0.4) is 0 Å². The zero-order chi connectivity index (χ0) is 89.1. The van der Waals surface area contributed by atoms with Gasteiger partial charge in [-0.15, -0.1) is 0 Å². The van der Waals surface area contributed by atoms with Crippen LogP contribution in [0.1, 0.15) is 179 Å². The maximum atomic E-state index is 13.4. The predicted molar refractivity (Wildman–Crippen MR) is 506 cm³/mol. The molecule has 5 aromatic carbocycles. The first-order valence-electron chi connectivity index (χ1n) is 43.7. The molecule has 11 N–H and O–H groups in total. The Balaban J connectivity index is 0.000000162. The monoisotopic (exact) mass is 1700 g/mol. The number of hydrogen-bond acceptors (Lipinski definition) is 24. The van der Waals surface area contributed by atoms with Crippen LogP contribution < -0.4 is 58.1 Å². The molecule has 2 saturated heterocycles. The van der Waals surface area contributed by atoms with Gasteiger partial charge in [0.25, 0.3) is 17.7 Å². The summed E-state index contributed by atoms with van der Waals surface area (Å²) in [5, 5.41) is 51.3. The first kappa shape index (κ1) is 90.3. The molecule has 6 aromatic heterocycles. The number of hydrogen-bond donors (Lipinski definition) is 11. The van der Waals surface area contributed by atoms with E-state index in [1.165, 1.54) is 6.08 Å². The molecule has 2 unspecified atom stereocenters. The molecule has 0 spiro atoms. The highest BCUT2D eigenvalue weighted by Crippen LogP contribution is 2.35. The molecule has 2 aliphatic carbocycles. The highest BCUT2D eigenvalue weighted by Gasteiger charge is 2.32. The number of nitrogens with zero attached hydrogens (tertiary/aromatic N) is 16. The standard InChI is InChI=1S/C33H41N9O.C32H39N9O.C30H40N8O3/c1-7-22(4)35-24-13-11-23(12-14-24)31(43)36-26-9-8-10-27(19-26)38-33-40-32(37-25-15-17-28(18-16-25)41(5)6)39-30-29(21(2)3)20-34-42(30)33;1-6-21(3)34-24-13-11-23(12-14-24)30(42)35-26-9-8-10-27(19-26)37-32-39-31(38-29-22(7-2)20-33-41(29)32)36-25-15-17-28(18-16-25)40(4)5;1-4-25(40)32-22-12-10-21(11-13-22)29(41)36-15-7-8-23(18-36)33-27-26-28(38(19-31-26)20(2)3)35-30(34-27)37-16-6-5-9-24(37)14-17-39/h7-14,19-21,25,28,35H,1,4,15-18H2,2-3,5-6H3,(H,36,43)(H2,37,38,39,40);6,8-14,19-20,25,28,34H,1,3,7,15-18H2,2,4-5H3,(H,35,42)(H2,36,37,38,39);4,10-13,19-20,23-24,39H,1,5-9,14-18H2,2-3H3,(H,32,40)(H,33,34,35). The molecule has 8 heterocycles. The van der Waals surface area contributed by atoms with Gasteiger partial charge in [0, 0.05) is 148 Å². The minimum absolute atomic E-state index is 0.00333. The van der Waals surface area contributed by atoms with Gasteiger partial charge in [0.1, 0.15) is 0 Å². The summed E-state index contributed by atoms with van der Waals surface area (Å²) in [6, 6.07) is 38.6. The summed E-state index contributed by atoms with van der Waals surface area (Å²) < 4.78 is 5.54. The van der Waals surface area contributed by atoms with Crippen LogP contribution in [0, 0.1) is 0 Å². The highest BCUT2D eigenvalue weighted by molar-refractivity contribution is 6.06. The number of fused-ring (bicyclic) bond motifs is 3. The predicted octanol–water partition coefficient (Wildman–Crippen LogP) is 16.7. The van der Waals surface area contributed by atoms with E-state index in [-0.39, 0.29) is 54.3 Å². The minimum Gasteiger partial charge on any atom is -0.396 e. The summed E-state index contributed by atoms with van der Waals surface area (Å²) in [6.07, 6.45) is 25.4. The van der Waals surface area contributed by atoms with Crippen molar-refractivity contribution in [2.45, 2.75) is 179 Å². The van der Waals surface area contributed by atoms with E-state index >= 15 is 0 Å². The summed E-state index contributed by atoms with van der Waals surface area (Å²) in [4.78, 5) is 93.6. The molecular weight excluding hydrogens is 1590 g/mol. The van der Waals surface area contributed by atoms with Crippen molar-refractivity contribution < 1.29 is 24.3 Å². The zero-order valence-electron chi connectivity index (χ0n) is 73.8. The van der Waals surface area contributed by atoms with E-state index < -0.39 is 0 Å². The normalized spacial score (nSPS) is 17.6. The fraction of sp³-hybridized carbons (Fsp3) is 0.379. The number of carbonyl (C=O) groups excluding carboxylic acids is 4. The van der Waals surface area contributed by atoms with Gasteiger partial charge in [-0.3, -0.25) is 19.2 Å². The molecule has 15 rings (SSSR count). The maximum Gasteiger partial charge on any atom is 0.255 e. The lowest BCUT2D eigenvalue weighted by molar-refractivity contribution is -0.111. The molecule has 31 nitrogen and oxygen atoms in total. The van der Waals surface area contributed by atoms with E-state index in [2.05, 4.69) is 183 Å². The fourth-order valence-electron chi connectivity index (χ4n) is 16.3. The molecule has 4 aliphatic rings. The fourth-order valence-corrected chi connectivity index (χ4v) is 16.3. The average Bonchev–Trinajstić information content (AvgIpc) is 1.73. The number of nitrogens with one attached hydrogen (secondary N) is 10. The van der Waals surface area contributed by atoms with Crippen LogP contribution in [-0.2, 0) is 11.2 Å². The van der Waals surface area contributed by atoms with Gasteiger partial charge in [-0.1, -0.05) is 65.8 Å². The third-order valence-electron chi connectivity index (χ3n) is 23.5. The van der Waals surface area contributed by atoms with Crippen molar-refractivity contribution >= 4 is 121 Å². The van der Waals surface area contributed by atoms with Gasteiger partial charge >= 0.3 is 0 Å². The summed E-state index contributed by atoms with van der Waals surface area (Å²) in [6.45, 7) is 31.3. The molecular formula is C95H120N26O5. The summed E-state index contributed by atoms with van der Waals surface area (Å²) in [5.74, 6) is 3.12. The Morgan fingerprint density at radius 1 is 0.524 bits per heavy atom. The number of aliphatic hydroxyl groups is 1. The van der Waals surface area contributed by atoms with Crippen LogP contribution in [0.5, 0.6) is 0 Å². The van der Waals surface area contributed by atoms with E-state index in [9.17, 15) is 24.3 Å². The third-order valence-corrected chi connectivity index (χ3v) is 23.5. The van der Waals surface area contributed by atoms with E-state index in [4.69, 9.17) is 29.9 Å². The number of piperidine rings is 2. The van der Waals surface area contributed by atoms with Gasteiger partial charge in [-0.05, 0) is 272 Å². The van der Waals surface area contributed by atoms with Crippen LogP contribution in [0.25, 0.3) is 22.5 Å². The Hall–Kier alpha value is -13.4. The number of aliphatic hydroxyl groups excluding tert-OH is 1. The molecule has 11 aromatic rings. The number of aromatic nitrogens is 12. The quantitative estimate of drug-likeness (QED) is 0.0142. The largest absolute Gasteiger partial charge is 0.396 e. The van der Waals surface area contributed by atoms with Crippen molar-refractivity contribution in [2.75, 3.05) is 112 Å². The minimum atomic E-state index is -0.293. The van der Waals surface area contributed by atoms with Crippen molar-refractivity contribution in [1.82, 2.24) is 73.4 Å². The van der Waals surface area contributed by atoms with Gasteiger partial charge in [0.15, 0.2) is 28.3 Å². The molecule has 0 bridgehead atoms. The number of rotatable bonds is 31. The summed E-state index contributed by atoms with van der Waals surface area (Å²) in [7, 11) is 8.61. The van der Waals surface area contributed by atoms with Gasteiger partial charge in [0.2, 0.25) is 35.6 Å². The molecule has 4 amide bonds. The Labute approximate surface area is 737 Å². The second-order valence-electron chi connectivity index (χ2n) is 33.6. The molecule has 660 valence electrons. The molecule has 2 atom stereocenters. The maximum absolute atomic E-state index is 13.4. The lowest BCUT2D eigenvalue weighted by Gasteiger charge is -2.36. The second kappa shape index (κ2) is 42.3. The molecule has 2 saturated carbocycles. The number of amides is 4. The summed E-state index contributed by atoms with van der Waals surface area (Å²) in [5.41, 5.74) is 13.3. The van der Waals surface area contributed by atoms with E-state index in [0.29, 0.717) is 124 Å². The lowest BCUT2D eigenvalue weighted by Crippen LogP contribution is -2.45.